The van der Waals surface area contributed by atoms with Crippen molar-refractivity contribution in [1.82, 2.24) is 0 Å². The molecule has 5 heteroatoms. The Morgan fingerprint density at radius 3 is 2.21 bits per heavy atom. The van der Waals surface area contributed by atoms with E-state index in [1.165, 1.54) is 19.9 Å². The number of rotatable bonds is 1. The standard InChI is InChI=1S/C9H9F3O2/c1-5-6(2)8(4-3-7(5)13)14-9(10,11)12/h3-4,13H,1-2H3. The predicted molar refractivity (Wildman–Crippen MR) is 44.3 cm³/mol. The van der Waals surface area contributed by atoms with Gasteiger partial charge in [-0.25, -0.2) is 0 Å². The molecule has 0 aliphatic heterocycles. The Labute approximate surface area is 78.9 Å². The number of hydrogen-bond acceptors (Lipinski definition) is 2. The fraction of sp³-hybridized carbons (Fsp3) is 0.333. The van der Waals surface area contributed by atoms with Gasteiger partial charge in [0.1, 0.15) is 11.5 Å². The first-order chi connectivity index (χ1) is 6.31. The van der Waals surface area contributed by atoms with Crippen molar-refractivity contribution >= 4 is 0 Å². The summed E-state index contributed by atoms with van der Waals surface area (Å²) < 4.78 is 39.4. The molecule has 1 aromatic carbocycles. The van der Waals surface area contributed by atoms with E-state index in [1.54, 1.807) is 0 Å². The Morgan fingerprint density at radius 1 is 1.14 bits per heavy atom. The average Bonchev–Trinajstić information content (AvgIpc) is 2.04. The van der Waals surface area contributed by atoms with Crippen LogP contribution >= 0.6 is 0 Å². The Balaban J connectivity index is 3.06. The van der Waals surface area contributed by atoms with Crippen LogP contribution in [0.15, 0.2) is 12.1 Å². The van der Waals surface area contributed by atoms with Crippen molar-refractivity contribution in [3.05, 3.63) is 23.3 Å². The van der Waals surface area contributed by atoms with Crippen molar-refractivity contribution < 1.29 is 23.0 Å². The Bertz CT molecular complexity index is 345. The van der Waals surface area contributed by atoms with Crippen LogP contribution in [0.3, 0.4) is 0 Å². The van der Waals surface area contributed by atoms with Crippen LogP contribution in [-0.4, -0.2) is 11.5 Å². The molecule has 0 saturated carbocycles. The molecule has 2 nitrogen and oxygen atoms in total. The SMILES string of the molecule is Cc1c(O)ccc(OC(F)(F)F)c1C. The second-order valence-corrected chi connectivity index (χ2v) is 2.88. The van der Waals surface area contributed by atoms with Crippen molar-refractivity contribution in [3.63, 3.8) is 0 Å². The van der Waals surface area contributed by atoms with E-state index >= 15 is 0 Å². The topological polar surface area (TPSA) is 29.5 Å². The highest BCUT2D eigenvalue weighted by molar-refractivity contribution is 5.46. The van der Waals surface area contributed by atoms with Crippen molar-refractivity contribution in [2.75, 3.05) is 0 Å². The van der Waals surface area contributed by atoms with Crippen LogP contribution in [-0.2, 0) is 0 Å². The number of phenolic OH excluding ortho intramolecular Hbond substituents is 1. The van der Waals surface area contributed by atoms with Gasteiger partial charge >= 0.3 is 6.36 Å². The molecule has 0 aliphatic rings. The summed E-state index contributed by atoms with van der Waals surface area (Å²) in [6.07, 6.45) is -4.70. The molecule has 0 aliphatic carbocycles. The van der Waals surface area contributed by atoms with Gasteiger partial charge in [0.15, 0.2) is 0 Å². The van der Waals surface area contributed by atoms with E-state index < -0.39 is 6.36 Å². The normalized spacial score (nSPS) is 11.5. The summed E-state index contributed by atoms with van der Waals surface area (Å²) in [5, 5.41) is 9.19. The molecule has 0 heterocycles. The monoisotopic (exact) mass is 206 g/mol. The molecule has 0 fully saturated rings. The van der Waals surface area contributed by atoms with Crippen LogP contribution < -0.4 is 4.74 Å². The third kappa shape index (κ3) is 2.31. The van der Waals surface area contributed by atoms with Gasteiger partial charge in [-0.3, -0.25) is 0 Å². The maximum Gasteiger partial charge on any atom is 0.573 e. The summed E-state index contributed by atoms with van der Waals surface area (Å²) in [4.78, 5) is 0. The highest BCUT2D eigenvalue weighted by atomic mass is 19.4. The van der Waals surface area contributed by atoms with E-state index in [0.29, 0.717) is 5.56 Å². The van der Waals surface area contributed by atoms with Gasteiger partial charge in [-0.15, -0.1) is 13.2 Å². The number of benzene rings is 1. The molecule has 0 aromatic heterocycles. The first kappa shape index (κ1) is 10.7. The summed E-state index contributed by atoms with van der Waals surface area (Å²) in [6.45, 7) is 2.98. The van der Waals surface area contributed by atoms with Gasteiger partial charge in [0.25, 0.3) is 0 Å². The third-order valence-electron chi connectivity index (χ3n) is 1.93. The molecule has 1 rings (SSSR count). The van der Waals surface area contributed by atoms with E-state index in [-0.39, 0.29) is 17.1 Å². The van der Waals surface area contributed by atoms with E-state index in [4.69, 9.17) is 0 Å². The Morgan fingerprint density at radius 2 is 1.71 bits per heavy atom. The lowest BCUT2D eigenvalue weighted by Gasteiger charge is -2.13. The minimum absolute atomic E-state index is 0.0444. The largest absolute Gasteiger partial charge is 0.573 e. The minimum Gasteiger partial charge on any atom is -0.508 e. The lowest BCUT2D eigenvalue weighted by molar-refractivity contribution is -0.274. The van der Waals surface area contributed by atoms with E-state index in [2.05, 4.69) is 4.74 Å². The minimum atomic E-state index is -4.70. The zero-order valence-corrected chi connectivity index (χ0v) is 7.64. The number of phenols is 1. The first-order valence-corrected chi connectivity index (χ1v) is 3.86. The first-order valence-electron chi connectivity index (χ1n) is 3.86. The van der Waals surface area contributed by atoms with Gasteiger partial charge in [0, 0.05) is 0 Å². The van der Waals surface area contributed by atoms with Crippen LogP contribution in [0, 0.1) is 13.8 Å². The molecular weight excluding hydrogens is 197 g/mol. The van der Waals surface area contributed by atoms with E-state index in [0.717, 1.165) is 6.07 Å². The second-order valence-electron chi connectivity index (χ2n) is 2.88. The molecule has 14 heavy (non-hydrogen) atoms. The van der Waals surface area contributed by atoms with Gasteiger partial charge in [-0.1, -0.05) is 0 Å². The van der Waals surface area contributed by atoms with Gasteiger partial charge in [0.05, 0.1) is 0 Å². The molecule has 0 amide bonds. The zero-order valence-electron chi connectivity index (χ0n) is 7.64. The zero-order chi connectivity index (χ0) is 10.9. The average molecular weight is 206 g/mol. The predicted octanol–water partition coefficient (Wildman–Crippen LogP) is 2.91. The fourth-order valence-corrected chi connectivity index (χ4v) is 1.02. The van der Waals surface area contributed by atoms with Gasteiger partial charge in [-0.05, 0) is 37.1 Å². The van der Waals surface area contributed by atoms with Crippen LogP contribution in [0.5, 0.6) is 11.5 Å². The van der Waals surface area contributed by atoms with Crippen molar-refractivity contribution in [1.29, 1.82) is 0 Å². The summed E-state index contributed by atoms with van der Waals surface area (Å²) in [5.41, 5.74) is 0.661. The van der Waals surface area contributed by atoms with Gasteiger partial charge in [0.2, 0.25) is 0 Å². The molecule has 0 atom stereocenters. The molecule has 1 N–H and O–H groups in total. The number of hydrogen-bond donors (Lipinski definition) is 1. The van der Waals surface area contributed by atoms with Crippen LogP contribution in [0.2, 0.25) is 0 Å². The van der Waals surface area contributed by atoms with Crippen LogP contribution in [0.25, 0.3) is 0 Å². The van der Waals surface area contributed by atoms with E-state index in [9.17, 15) is 18.3 Å². The second kappa shape index (κ2) is 3.40. The quantitative estimate of drug-likeness (QED) is 0.765. The van der Waals surface area contributed by atoms with Gasteiger partial charge < -0.3 is 9.84 Å². The summed E-state index contributed by atoms with van der Waals surface area (Å²) >= 11 is 0. The maximum absolute atomic E-state index is 11.9. The summed E-state index contributed by atoms with van der Waals surface area (Å²) in [5.74, 6) is -0.329. The lowest BCUT2D eigenvalue weighted by atomic mass is 10.1. The molecular formula is C9H9F3O2. The molecule has 0 bridgehead atoms. The van der Waals surface area contributed by atoms with E-state index in [1.807, 2.05) is 0 Å². The number of halogens is 3. The van der Waals surface area contributed by atoms with Gasteiger partial charge in [-0.2, -0.15) is 0 Å². The van der Waals surface area contributed by atoms with Crippen molar-refractivity contribution in [2.45, 2.75) is 20.2 Å². The number of aromatic hydroxyl groups is 1. The molecule has 0 saturated heterocycles. The van der Waals surface area contributed by atoms with Crippen molar-refractivity contribution in [2.24, 2.45) is 0 Å². The molecule has 78 valence electrons. The summed E-state index contributed by atoms with van der Waals surface area (Å²) in [6, 6.07) is 2.26. The Kier molecular flexibility index (Phi) is 2.59. The maximum atomic E-state index is 11.9. The Hall–Kier alpha value is -1.39. The fourth-order valence-electron chi connectivity index (χ4n) is 1.02. The highest BCUT2D eigenvalue weighted by Gasteiger charge is 2.32. The lowest BCUT2D eigenvalue weighted by Crippen LogP contribution is -2.17. The van der Waals surface area contributed by atoms with Crippen LogP contribution in [0.1, 0.15) is 11.1 Å². The number of alkyl halides is 3. The molecule has 0 radical (unpaired) electrons. The summed E-state index contributed by atoms with van der Waals surface area (Å²) in [7, 11) is 0. The highest BCUT2D eigenvalue weighted by Crippen LogP contribution is 2.31. The smallest absolute Gasteiger partial charge is 0.508 e. The number of ether oxygens (including phenoxy) is 1. The molecule has 0 unspecified atom stereocenters. The van der Waals surface area contributed by atoms with Crippen molar-refractivity contribution in [3.8, 4) is 11.5 Å². The van der Waals surface area contributed by atoms with Crippen LogP contribution in [0.4, 0.5) is 13.2 Å². The third-order valence-corrected chi connectivity index (χ3v) is 1.93. The molecule has 1 aromatic rings. The molecule has 0 spiro atoms.